The Morgan fingerprint density at radius 1 is 1.17 bits per heavy atom. The first kappa shape index (κ1) is 14.1. The van der Waals surface area contributed by atoms with Crippen LogP contribution in [0.2, 0.25) is 0 Å². The summed E-state index contributed by atoms with van der Waals surface area (Å²) in [7, 11) is 1.75. The SMILES string of the molecule is COc1ccc2c(c1)CCC1=C2CC[C@]2(C)[C@H](O)C[C@]3(C)C[C@@]132. The number of ether oxygens (including phenoxy) is 1. The number of hydrogen-bond donors (Lipinski definition) is 1. The van der Waals surface area contributed by atoms with Crippen molar-refractivity contribution < 1.29 is 9.84 Å². The molecule has 23 heavy (non-hydrogen) atoms. The summed E-state index contributed by atoms with van der Waals surface area (Å²) in [6.07, 6.45) is 6.72. The Balaban J connectivity index is 1.69. The van der Waals surface area contributed by atoms with Crippen molar-refractivity contribution >= 4 is 5.57 Å². The van der Waals surface area contributed by atoms with Crippen LogP contribution in [0.4, 0.5) is 0 Å². The van der Waals surface area contributed by atoms with Crippen molar-refractivity contribution in [2.75, 3.05) is 7.11 Å². The second-order valence-electron chi connectivity index (χ2n) is 8.76. The van der Waals surface area contributed by atoms with Crippen molar-refractivity contribution in [1.29, 1.82) is 0 Å². The maximum atomic E-state index is 10.8. The minimum Gasteiger partial charge on any atom is -0.497 e. The fraction of sp³-hybridized carbons (Fsp3) is 0.619. The number of rotatable bonds is 1. The Hall–Kier alpha value is -1.28. The predicted molar refractivity (Wildman–Crippen MR) is 91.4 cm³/mol. The maximum Gasteiger partial charge on any atom is 0.119 e. The lowest BCUT2D eigenvalue weighted by molar-refractivity contribution is 0.0114. The smallest absolute Gasteiger partial charge is 0.119 e. The zero-order chi connectivity index (χ0) is 16.0. The molecule has 0 aliphatic heterocycles. The lowest BCUT2D eigenvalue weighted by atomic mass is 9.58. The van der Waals surface area contributed by atoms with E-state index in [4.69, 9.17) is 4.74 Å². The number of hydrogen-bond acceptors (Lipinski definition) is 2. The van der Waals surface area contributed by atoms with Gasteiger partial charge in [-0.05, 0) is 72.8 Å². The molecule has 4 atom stereocenters. The highest BCUT2D eigenvalue weighted by molar-refractivity contribution is 5.77. The van der Waals surface area contributed by atoms with Gasteiger partial charge in [0, 0.05) is 10.8 Å². The number of aliphatic hydroxyl groups excluding tert-OH is 1. The molecule has 0 saturated heterocycles. The molecular formula is C21H26O2. The van der Waals surface area contributed by atoms with Crippen LogP contribution >= 0.6 is 0 Å². The molecule has 1 N–H and O–H groups in total. The number of allylic oxidation sites excluding steroid dienone is 2. The van der Waals surface area contributed by atoms with E-state index in [2.05, 4.69) is 32.0 Å². The van der Waals surface area contributed by atoms with Crippen molar-refractivity contribution in [3.8, 4) is 5.75 Å². The Bertz CT molecular complexity index is 748. The molecule has 2 fully saturated rings. The maximum absolute atomic E-state index is 10.8. The van der Waals surface area contributed by atoms with Gasteiger partial charge in [-0.2, -0.15) is 0 Å². The van der Waals surface area contributed by atoms with Gasteiger partial charge in [0.1, 0.15) is 5.75 Å². The van der Waals surface area contributed by atoms with Gasteiger partial charge in [0.25, 0.3) is 0 Å². The zero-order valence-corrected chi connectivity index (χ0v) is 14.4. The van der Waals surface area contributed by atoms with Gasteiger partial charge in [0.05, 0.1) is 13.2 Å². The molecule has 2 saturated carbocycles. The lowest BCUT2D eigenvalue weighted by Gasteiger charge is -2.46. The molecule has 2 nitrogen and oxygen atoms in total. The van der Waals surface area contributed by atoms with Crippen LogP contribution in [0.15, 0.2) is 23.8 Å². The molecule has 4 aliphatic rings. The van der Waals surface area contributed by atoms with E-state index in [0.29, 0.717) is 5.41 Å². The highest BCUT2D eigenvalue weighted by atomic mass is 16.5. The third-order valence-corrected chi connectivity index (χ3v) is 7.97. The summed E-state index contributed by atoms with van der Waals surface area (Å²) in [4.78, 5) is 0. The van der Waals surface area contributed by atoms with E-state index in [1.165, 1.54) is 24.0 Å². The number of methoxy groups -OCH3 is 1. The summed E-state index contributed by atoms with van der Waals surface area (Å²) in [6.45, 7) is 4.78. The van der Waals surface area contributed by atoms with Crippen molar-refractivity contribution in [3.05, 3.63) is 34.9 Å². The summed E-state index contributed by atoms with van der Waals surface area (Å²) in [5.41, 5.74) is 6.93. The summed E-state index contributed by atoms with van der Waals surface area (Å²) in [5.74, 6) is 0.971. The van der Waals surface area contributed by atoms with Gasteiger partial charge < -0.3 is 9.84 Å². The topological polar surface area (TPSA) is 29.5 Å². The van der Waals surface area contributed by atoms with E-state index in [1.807, 2.05) is 0 Å². The van der Waals surface area contributed by atoms with Crippen LogP contribution in [0.3, 0.4) is 0 Å². The first-order chi connectivity index (χ1) is 11.0. The van der Waals surface area contributed by atoms with Gasteiger partial charge >= 0.3 is 0 Å². The number of aliphatic hydroxyl groups is 1. The molecular weight excluding hydrogens is 284 g/mol. The summed E-state index contributed by atoms with van der Waals surface area (Å²) in [5, 5.41) is 10.8. The average molecular weight is 310 g/mol. The normalized spacial score (nSPS) is 43.4. The van der Waals surface area contributed by atoms with E-state index in [1.54, 1.807) is 18.3 Å². The van der Waals surface area contributed by atoms with Crippen LogP contribution < -0.4 is 4.74 Å². The summed E-state index contributed by atoms with van der Waals surface area (Å²) in [6, 6.07) is 6.60. The molecule has 0 unspecified atom stereocenters. The van der Waals surface area contributed by atoms with Crippen LogP contribution in [0, 0.1) is 16.2 Å². The first-order valence-electron chi connectivity index (χ1n) is 9.03. The lowest BCUT2D eigenvalue weighted by Crippen LogP contribution is -2.41. The fourth-order valence-electron chi connectivity index (χ4n) is 6.72. The average Bonchev–Trinajstić information content (AvgIpc) is 3.11. The van der Waals surface area contributed by atoms with Crippen LogP contribution in [0.25, 0.3) is 5.57 Å². The van der Waals surface area contributed by atoms with Crippen LogP contribution in [0.1, 0.15) is 57.1 Å². The van der Waals surface area contributed by atoms with Gasteiger partial charge in [-0.1, -0.05) is 25.5 Å². The first-order valence-corrected chi connectivity index (χ1v) is 9.03. The molecule has 1 aromatic carbocycles. The largest absolute Gasteiger partial charge is 0.497 e. The monoisotopic (exact) mass is 310 g/mol. The van der Waals surface area contributed by atoms with Gasteiger partial charge in [-0.15, -0.1) is 0 Å². The van der Waals surface area contributed by atoms with E-state index in [0.717, 1.165) is 31.4 Å². The molecule has 0 bridgehead atoms. The van der Waals surface area contributed by atoms with Crippen LogP contribution in [0.5, 0.6) is 5.75 Å². The van der Waals surface area contributed by atoms with Gasteiger partial charge in [0.15, 0.2) is 0 Å². The van der Waals surface area contributed by atoms with Gasteiger partial charge in [-0.25, -0.2) is 0 Å². The molecule has 4 aliphatic carbocycles. The Kier molecular flexibility index (Phi) is 2.47. The van der Waals surface area contributed by atoms with E-state index < -0.39 is 0 Å². The fourth-order valence-corrected chi connectivity index (χ4v) is 6.72. The van der Waals surface area contributed by atoms with Crippen LogP contribution in [-0.2, 0) is 6.42 Å². The summed E-state index contributed by atoms with van der Waals surface area (Å²) >= 11 is 0. The van der Waals surface area contributed by atoms with Gasteiger partial charge in [0.2, 0.25) is 0 Å². The van der Waals surface area contributed by atoms with Gasteiger partial charge in [-0.3, -0.25) is 0 Å². The molecule has 0 aromatic heterocycles. The molecule has 122 valence electrons. The van der Waals surface area contributed by atoms with E-state index in [-0.39, 0.29) is 16.9 Å². The number of benzene rings is 1. The highest BCUT2D eigenvalue weighted by Gasteiger charge is 2.80. The van der Waals surface area contributed by atoms with Crippen LogP contribution in [-0.4, -0.2) is 18.3 Å². The van der Waals surface area contributed by atoms with Crippen molar-refractivity contribution in [2.24, 2.45) is 16.2 Å². The quantitative estimate of drug-likeness (QED) is 0.835. The van der Waals surface area contributed by atoms with Crippen molar-refractivity contribution in [1.82, 2.24) is 0 Å². The Morgan fingerprint density at radius 2 is 2.00 bits per heavy atom. The van der Waals surface area contributed by atoms with Crippen molar-refractivity contribution in [3.63, 3.8) is 0 Å². The second-order valence-corrected chi connectivity index (χ2v) is 8.76. The highest BCUT2D eigenvalue weighted by Crippen LogP contribution is 2.86. The number of aryl methyl sites for hydroxylation is 1. The Morgan fingerprint density at radius 3 is 2.78 bits per heavy atom. The standard InChI is InChI=1S/C21H26O2/c1-19-11-18(22)20(2)9-8-16-15-6-5-14(23-3)10-13(15)4-7-17(16)21(19,20)12-19/h5-6,10,18,22H,4,7-9,11-12H2,1-3H3/t18-,19-,20-,21-/m1/s1. The van der Waals surface area contributed by atoms with E-state index >= 15 is 0 Å². The van der Waals surface area contributed by atoms with E-state index in [9.17, 15) is 5.11 Å². The third-order valence-electron chi connectivity index (χ3n) is 7.97. The zero-order valence-electron chi connectivity index (χ0n) is 14.4. The minimum atomic E-state index is -0.118. The molecule has 2 heteroatoms. The predicted octanol–water partition coefficient (Wildman–Crippen LogP) is 4.36. The third kappa shape index (κ3) is 1.41. The molecule has 0 radical (unpaired) electrons. The molecule has 5 rings (SSSR count). The molecule has 1 aromatic rings. The molecule has 0 amide bonds. The van der Waals surface area contributed by atoms with Crippen molar-refractivity contribution in [2.45, 2.75) is 58.5 Å². The minimum absolute atomic E-state index is 0.102. The molecule has 0 heterocycles. The molecule has 1 spiro atoms. The Labute approximate surface area is 138 Å². The summed E-state index contributed by atoms with van der Waals surface area (Å²) < 4.78 is 5.41. The second kappa shape index (κ2) is 4.03. The number of fused-ring (bicyclic) bond motifs is 2.